The minimum absolute atomic E-state index is 0.0795. The van der Waals surface area contributed by atoms with Crippen molar-refractivity contribution in [3.05, 3.63) is 58.6 Å². The van der Waals surface area contributed by atoms with Gasteiger partial charge in [-0.3, -0.25) is 9.59 Å². The third-order valence-corrected chi connectivity index (χ3v) is 5.21. The predicted molar refractivity (Wildman–Crippen MR) is 106 cm³/mol. The number of hydrogen-bond donors (Lipinski definition) is 2. The highest BCUT2D eigenvalue weighted by molar-refractivity contribution is 7.92. The number of isocyanates is 1. The van der Waals surface area contributed by atoms with Gasteiger partial charge in [-0.15, -0.1) is 0 Å². The minimum atomic E-state index is -4.12. The van der Waals surface area contributed by atoms with Crippen LogP contribution in [-0.2, 0) is 19.6 Å². The van der Waals surface area contributed by atoms with Crippen LogP contribution in [0.1, 0.15) is 12.7 Å². The lowest BCUT2D eigenvalue weighted by atomic mass is 10.2. The van der Waals surface area contributed by atoms with Crippen LogP contribution in [-0.4, -0.2) is 30.1 Å². The summed E-state index contributed by atoms with van der Waals surface area (Å²) in [6.45, 7) is 2.81. The second-order valence-corrected chi connectivity index (χ2v) is 7.67. The number of benzene rings is 2. The standard InChI is InChI=1S/C18H15N5O5S/c1-11-20-17-8-5-14(19-10-24)9-16(17)18(26)23(11)22-29(27,28)15-6-3-13(4-7-15)21-12(2)25/h3-9,22H,1-2H3,(H,21,25). The lowest BCUT2D eigenvalue weighted by Crippen LogP contribution is -2.35. The van der Waals surface area contributed by atoms with Crippen molar-refractivity contribution in [3.8, 4) is 0 Å². The molecule has 1 amide bonds. The Morgan fingerprint density at radius 2 is 1.86 bits per heavy atom. The molecule has 0 aliphatic heterocycles. The van der Waals surface area contributed by atoms with Gasteiger partial charge < -0.3 is 5.32 Å². The summed E-state index contributed by atoms with van der Waals surface area (Å²) >= 11 is 0. The number of rotatable bonds is 5. The second kappa shape index (κ2) is 7.66. The summed E-state index contributed by atoms with van der Waals surface area (Å²) < 4.78 is 26.2. The molecule has 0 atom stereocenters. The third kappa shape index (κ3) is 4.21. The maximum absolute atomic E-state index is 12.8. The van der Waals surface area contributed by atoms with E-state index < -0.39 is 15.6 Å². The van der Waals surface area contributed by atoms with Crippen molar-refractivity contribution in [1.82, 2.24) is 9.66 Å². The van der Waals surface area contributed by atoms with Crippen LogP contribution in [0, 0.1) is 6.92 Å². The Morgan fingerprint density at radius 3 is 2.48 bits per heavy atom. The minimum Gasteiger partial charge on any atom is -0.326 e. The van der Waals surface area contributed by atoms with Crippen molar-refractivity contribution in [2.24, 2.45) is 4.99 Å². The van der Waals surface area contributed by atoms with E-state index in [9.17, 15) is 22.8 Å². The van der Waals surface area contributed by atoms with E-state index in [4.69, 9.17) is 0 Å². The van der Waals surface area contributed by atoms with Gasteiger partial charge in [0.1, 0.15) is 5.82 Å². The molecule has 0 saturated carbocycles. The van der Waals surface area contributed by atoms with E-state index in [-0.39, 0.29) is 27.7 Å². The monoisotopic (exact) mass is 413 g/mol. The van der Waals surface area contributed by atoms with Gasteiger partial charge in [0.05, 0.1) is 21.5 Å². The van der Waals surface area contributed by atoms with Crippen molar-refractivity contribution >= 4 is 44.3 Å². The number of carbonyl (C=O) groups excluding carboxylic acids is 2. The zero-order chi connectivity index (χ0) is 21.2. The van der Waals surface area contributed by atoms with Crippen LogP contribution in [0.4, 0.5) is 11.4 Å². The normalized spacial score (nSPS) is 11.0. The van der Waals surface area contributed by atoms with Crippen molar-refractivity contribution in [2.45, 2.75) is 18.7 Å². The lowest BCUT2D eigenvalue weighted by molar-refractivity contribution is -0.114. The first-order valence-corrected chi connectivity index (χ1v) is 9.71. The Hall–Kier alpha value is -3.82. The molecular formula is C18H15N5O5S. The molecular weight excluding hydrogens is 398 g/mol. The average Bonchev–Trinajstić information content (AvgIpc) is 2.66. The van der Waals surface area contributed by atoms with Crippen molar-refractivity contribution in [1.29, 1.82) is 0 Å². The summed E-state index contributed by atoms with van der Waals surface area (Å²) in [5.74, 6) is -0.172. The zero-order valence-electron chi connectivity index (χ0n) is 15.3. The van der Waals surface area contributed by atoms with Crippen LogP contribution < -0.4 is 15.7 Å². The van der Waals surface area contributed by atoms with Crippen LogP contribution >= 0.6 is 0 Å². The van der Waals surface area contributed by atoms with Gasteiger partial charge in [0.2, 0.25) is 12.0 Å². The highest BCUT2D eigenvalue weighted by atomic mass is 32.2. The van der Waals surface area contributed by atoms with E-state index in [1.54, 1.807) is 0 Å². The number of anilines is 1. The van der Waals surface area contributed by atoms with Crippen LogP contribution in [0.25, 0.3) is 10.9 Å². The largest absolute Gasteiger partial charge is 0.326 e. The van der Waals surface area contributed by atoms with Crippen LogP contribution in [0.5, 0.6) is 0 Å². The summed E-state index contributed by atoms with van der Waals surface area (Å²) in [7, 11) is -4.12. The fraction of sp³-hybridized carbons (Fsp3) is 0.111. The SMILES string of the molecule is CC(=O)Nc1ccc(S(=O)(=O)Nn2c(C)nc3ccc(N=C=O)cc3c2=O)cc1. The molecule has 0 saturated heterocycles. The molecule has 0 unspecified atom stereocenters. The number of sulfonamides is 1. The van der Waals surface area contributed by atoms with Gasteiger partial charge in [-0.25, -0.2) is 14.6 Å². The molecule has 2 aromatic carbocycles. The maximum atomic E-state index is 12.8. The van der Waals surface area contributed by atoms with E-state index >= 15 is 0 Å². The molecule has 0 radical (unpaired) electrons. The van der Waals surface area contributed by atoms with E-state index in [1.165, 1.54) is 62.4 Å². The second-order valence-electron chi connectivity index (χ2n) is 6.00. The molecule has 148 valence electrons. The molecule has 2 N–H and O–H groups in total. The number of carbonyl (C=O) groups is 1. The van der Waals surface area contributed by atoms with Crippen molar-refractivity contribution in [2.75, 3.05) is 10.1 Å². The van der Waals surface area contributed by atoms with Gasteiger partial charge in [-0.1, -0.05) is 0 Å². The van der Waals surface area contributed by atoms with Gasteiger partial charge in [0.15, 0.2) is 0 Å². The number of nitrogens with one attached hydrogen (secondary N) is 2. The molecule has 29 heavy (non-hydrogen) atoms. The maximum Gasteiger partial charge on any atom is 0.280 e. The Balaban J connectivity index is 2.03. The molecule has 3 aromatic rings. The van der Waals surface area contributed by atoms with Gasteiger partial charge >= 0.3 is 0 Å². The molecule has 1 heterocycles. The first-order chi connectivity index (χ1) is 13.7. The number of aromatic nitrogens is 2. The molecule has 10 nitrogen and oxygen atoms in total. The first kappa shape index (κ1) is 19.9. The topological polar surface area (TPSA) is 140 Å². The van der Waals surface area contributed by atoms with Crippen molar-refractivity contribution < 1.29 is 18.0 Å². The summed E-state index contributed by atoms with van der Waals surface area (Å²) in [6.07, 6.45) is 1.38. The quantitative estimate of drug-likeness (QED) is 0.481. The van der Waals surface area contributed by atoms with Crippen LogP contribution in [0.15, 0.2) is 57.1 Å². The summed E-state index contributed by atoms with van der Waals surface area (Å²) in [5.41, 5.74) is 0.278. The Bertz CT molecular complexity index is 1320. The summed E-state index contributed by atoms with van der Waals surface area (Å²) in [4.78, 5) is 44.0. The zero-order valence-corrected chi connectivity index (χ0v) is 16.1. The van der Waals surface area contributed by atoms with E-state index in [0.717, 1.165) is 4.68 Å². The Labute approximate surface area is 164 Å². The molecule has 0 aliphatic carbocycles. The smallest absolute Gasteiger partial charge is 0.280 e. The first-order valence-electron chi connectivity index (χ1n) is 8.23. The number of nitrogens with zero attached hydrogens (tertiary/aromatic N) is 3. The van der Waals surface area contributed by atoms with Crippen LogP contribution in [0.2, 0.25) is 0 Å². The molecule has 0 bridgehead atoms. The van der Waals surface area contributed by atoms with Gasteiger partial charge in [0.25, 0.3) is 15.6 Å². The van der Waals surface area contributed by atoms with Crippen LogP contribution in [0.3, 0.4) is 0 Å². The average molecular weight is 413 g/mol. The van der Waals surface area contributed by atoms with E-state index in [2.05, 4.69) is 20.1 Å². The van der Waals surface area contributed by atoms with Crippen molar-refractivity contribution in [3.63, 3.8) is 0 Å². The Kier molecular flexibility index (Phi) is 5.26. The fourth-order valence-electron chi connectivity index (χ4n) is 2.61. The lowest BCUT2D eigenvalue weighted by Gasteiger charge is -2.14. The van der Waals surface area contributed by atoms with E-state index in [0.29, 0.717) is 11.2 Å². The molecule has 3 rings (SSSR count). The molecule has 0 spiro atoms. The number of aryl methyl sites for hydroxylation is 1. The van der Waals surface area contributed by atoms with Gasteiger partial charge in [-0.05, 0) is 49.4 Å². The highest BCUT2D eigenvalue weighted by Crippen LogP contribution is 2.18. The fourth-order valence-corrected chi connectivity index (χ4v) is 3.66. The van der Waals surface area contributed by atoms with E-state index in [1.807, 2.05) is 0 Å². The molecule has 0 aliphatic rings. The number of hydrogen-bond acceptors (Lipinski definition) is 7. The molecule has 0 fully saturated rings. The highest BCUT2D eigenvalue weighted by Gasteiger charge is 2.18. The Morgan fingerprint density at radius 1 is 1.17 bits per heavy atom. The third-order valence-electron chi connectivity index (χ3n) is 3.89. The summed E-state index contributed by atoms with van der Waals surface area (Å²) in [6, 6.07) is 9.74. The number of amides is 1. The van der Waals surface area contributed by atoms with Gasteiger partial charge in [0, 0.05) is 12.6 Å². The molecule has 1 aromatic heterocycles. The number of fused-ring (bicyclic) bond motifs is 1. The molecule has 11 heteroatoms. The summed E-state index contributed by atoms with van der Waals surface area (Å²) in [5, 5.41) is 2.61. The number of aliphatic imine (C=N–C) groups is 1. The predicted octanol–water partition coefficient (Wildman–Crippen LogP) is 1.56. The van der Waals surface area contributed by atoms with Gasteiger partial charge in [-0.2, -0.15) is 18.1 Å².